The molecule has 1 saturated heterocycles. The predicted octanol–water partition coefficient (Wildman–Crippen LogP) is 4.03. The highest BCUT2D eigenvalue weighted by molar-refractivity contribution is 7.93. The number of likely N-dealkylation sites (tertiary alicyclic amines) is 1. The Bertz CT molecular complexity index is 1680. The molecule has 1 aliphatic heterocycles. The van der Waals surface area contributed by atoms with Crippen molar-refractivity contribution in [2.24, 2.45) is 0 Å². The fourth-order valence-corrected chi connectivity index (χ4v) is 6.23. The van der Waals surface area contributed by atoms with Crippen molar-refractivity contribution in [3.63, 3.8) is 0 Å². The number of sulfonamides is 1. The summed E-state index contributed by atoms with van der Waals surface area (Å²) in [4.78, 5) is 23.8. The van der Waals surface area contributed by atoms with E-state index in [9.17, 15) is 17.6 Å². The van der Waals surface area contributed by atoms with Crippen LogP contribution < -0.4 is 15.4 Å². The molecule has 0 radical (unpaired) electrons. The molecule has 4 aromatic rings. The summed E-state index contributed by atoms with van der Waals surface area (Å²) >= 11 is 0. The van der Waals surface area contributed by atoms with Gasteiger partial charge in [0.2, 0.25) is 16.0 Å². The van der Waals surface area contributed by atoms with Crippen molar-refractivity contribution >= 4 is 44.3 Å². The lowest BCUT2D eigenvalue weighted by Crippen LogP contribution is -2.43. The number of anilines is 3. The van der Waals surface area contributed by atoms with Gasteiger partial charge in [-0.25, -0.2) is 17.8 Å². The molecule has 2 aromatic carbocycles. The minimum absolute atomic E-state index is 0.00749. The first-order valence-electron chi connectivity index (χ1n) is 13.3. The molecule has 1 amide bonds. The van der Waals surface area contributed by atoms with Gasteiger partial charge in [-0.15, -0.1) is 0 Å². The highest BCUT2D eigenvalue weighted by atomic mass is 32.2. The highest BCUT2D eigenvalue weighted by Gasteiger charge is 2.35. The zero-order chi connectivity index (χ0) is 27.9. The van der Waals surface area contributed by atoms with E-state index in [2.05, 4.69) is 30.2 Å². The summed E-state index contributed by atoms with van der Waals surface area (Å²) in [6, 6.07) is 13.3. The molecule has 0 unspecified atom stereocenters. The number of benzene rings is 2. The van der Waals surface area contributed by atoms with Crippen molar-refractivity contribution in [2.75, 3.05) is 30.2 Å². The van der Waals surface area contributed by atoms with E-state index in [1.54, 1.807) is 30.5 Å². The van der Waals surface area contributed by atoms with Crippen LogP contribution in [0.15, 0.2) is 60.9 Å². The first kappa shape index (κ1) is 26.2. The molecule has 12 heteroatoms. The largest absolute Gasteiger partial charge is 0.349 e. The number of nitrogens with zero attached hydrogens (tertiary/aromatic N) is 4. The molecule has 208 valence electrons. The Morgan fingerprint density at radius 2 is 1.82 bits per heavy atom. The van der Waals surface area contributed by atoms with Crippen molar-refractivity contribution in [3.8, 4) is 5.69 Å². The molecule has 0 spiro atoms. The van der Waals surface area contributed by atoms with Crippen molar-refractivity contribution in [2.45, 2.75) is 37.0 Å². The fourth-order valence-electron chi connectivity index (χ4n) is 4.85. The van der Waals surface area contributed by atoms with Crippen LogP contribution in [0.2, 0.25) is 0 Å². The lowest BCUT2D eigenvalue weighted by molar-refractivity contribution is 0.0913. The first-order valence-corrected chi connectivity index (χ1v) is 14.8. The number of rotatable bonds is 8. The summed E-state index contributed by atoms with van der Waals surface area (Å²) in [5.74, 6) is -0.804. The number of hydrogen-bond donors (Lipinski definition) is 3. The number of carbonyl (C=O) groups excluding carboxylic acids is 1. The lowest BCUT2D eigenvalue weighted by atomic mass is 10.0. The summed E-state index contributed by atoms with van der Waals surface area (Å²) in [6.45, 7) is 1.79. The summed E-state index contributed by atoms with van der Waals surface area (Å²) in [6.07, 6.45) is 6.52. The van der Waals surface area contributed by atoms with Crippen LogP contribution in [0.1, 0.15) is 36.0 Å². The number of amides is 1. The third kappa shape index (κ3) is 5.63. The van der Waals surface area contributed by atoms with E-state index in [4.69, 9.17) is 0 Å². The number of aromatic nitrogens is 3. The van der Waals surface area contributed by atoms with Gasteiger partial charge in [0, 0.05) is 35.2 Å². The van der Waals surface area contributed by atoms with Gasteiger partial charge >= 0.3 is 0 Å². The van der Waals surface area contributed by atoms with Crippen LogP contribution >= 0.6 is 0 Å². The average Bonchev–Trinajstić information content (AvgIpc) is 3.71. The summed E-state index contributed by atoms with van der Waals surface area (Å²) in [7, 11) is -1.34. The molecule has 10 nitrogen and oxygen atoms in total. The van der Waals surface area contributed by atoms with Gasteiger partial charge in [-0.2, -0.15) is 4.98 Å². The molecule has 6 rings (SSSR count). The average molecular weight is 564 g/mol. The second-order valence-electron chi connectivity index (χ2n) is 10.4. The zero-order valence-electron chi connectivity index (χ0n) is 22.0. The maximum absolute atomic E-state index is 14.9. The number of hydrogen-bond acceptors (Lipinski definition) is 7. The van der Waals surface area contributed by atoms with E-state index in [1.165, 1.54) is 12.1 Å². The van der Waals surface area contributed by atoms with E-state index in [0.29, 0.717) is 29.9 Å². The van der Waals surface area contributed by atoms with Crippen LogP contribution in [0.4, 0.5) is 21.7 Å². The number of fused-ring (bicyclic) bond motifs is 1. The van der Waals surface area contributed by atoms with Crippen LogP contribution in [0, 0.1) is 5.82 Å². The van der Waals surface area contributed by atoms with Crippen LogP contribution in [0.25, 0.3) is 16.7 Å². The topological polar surface area (TPSA) is 121 Å². The van der Waals surface area contributed by atoms with Gasteiger partial charge in [0.25, 0.3) is 5.91 Å². The van der Waals surface area contributed by atoms with Gasteiger partial charge in [0.05, 0.1) is 16.5 Å². The zero-order valence-corrected chi connectivity index (χ0v) is 22.8. The van der Waals surface area contributed by atoms with Crippen molar-refractivity contribution in [3.05, 3.63) is 72.3 Å². The maximum atomic E-state index is 14.9. The monoisotopic (exact) mass is 563 g/mol. The molecule has 2 fully saturated rings. The van der Waals surface area contributed by atoms with Crippen LogP contribution in [-0.2, 0) is 10.0 Å². The Hall–Kier alpha value is -4.03. The number of piperidine rings is 1. The number of carbonyl (C=O) groups is 1. The Balaban J connectivity index is 1.19. The molecule has 3 heterocycles. The summed E-state index contributed by atoms with van der Waals surface area (Å²) in [5.41, 5.74) is 2.19. The molecule has 0 bridgehead atoms. The van der Waals surface area contributed by atoms with E-state index in [1.807, 2.05) is 29.9 Å². The van der Waals surface area contributed by atoms with Crippen molar-refractivity contribution in [1.29, 1.82) is 0 Å². The fraction of sp³-hybridized carbons (Fsp3) is 0.321. The normalized spacial score (nSPS) is 16.6. The van der Waals surface area contributed by atoms with E-state index >= 15 is 0 Å². The van der Waals surface area contributed by atoms with Gasteiger partial charge in [-0.05, 0) is 88.3 Å². The second-order valence-corrected chi connectivity index (χ2v) is 12.4. The standard InChI is InChI=1S/C28H30FN7O3S/c1-35-12-10-19(11-13-35)31-27(37)24-8-5-20(16-25(24)29)32-28-30-17-18-9-14-36(26(18)33-28)22-4-2-3-21(15-22)34-40(38,39)23-6-7-23/h2-5,8-9,14-17,19,23,34H,6-7,10-13H2,1H3,(H,31,37)(H,30,32,33). The van der Waals surface area contributed by atoms with Gasteiger partial charge in [0.15, 0.2) is 0 Å². The Kier molecular flexibility index (Phi) is 6.88. The third-order valence-electron chi connectivity index (χ3n) is 7.30. The Morgan fingerprint density at radius 3 is 2.58 bits per heavy atom. The Labute approximate surface area is 231 Å². The predicted molar refractivity (Wildman–Crippen MR) is 152 cm³/mol. The quantitative estimate of drug-likeness (QED) is 0.296. The maximum Gasteiger partial charge on any atom is 0.254 e. The third-order valence-corrected chi connectivity index (χ3v) is 9.17. The molecular formula is C28H30FN7O3S. The molecule has 1 aliphatic carbocycles. The van der Waals surface area contributed by atoms with E-state index < -0.39 is 21.7 Å². The van der Waals surface area contributed by atoms with Crippen molar-refractivity contribution < 1.29 is 17.6 Å². The van der Waals surface area contributed by atoms with Crippen LogP contribution in [0.3, 0.4) is 0 Å². The minimum Gasteiger partial charge on any atom is -0.349 e. The molecule has 1 saturated carbocycles. The lowest BCUT2D eigenvalue weighted by Gasteiger charge is -2.29. The molecule has 2 aliphatic rings. The molecule has 40 heavy (non-hydrogen) atoms. The smallest absolute Gasteiger partial charge is 0.254 e. The number of nitrogens with one attached hydrogen (secondary N) is 3. The number of halogens is 1. The first-order chi connectivity index (χ1) is 19.2. The van der Waals surface area contributed by atoms with Gasteiger partial charge in [0.1, 0.15) is 11.5 Å². The van der Waals surface area contributed by atoms with Gasteiger partial charge < -0.3 is 20.1 Å². The summed E-state index contributed by atoms with van der Waals surface area (Å²) in [5, 5.41) is 6.41. The van der Waals surface area contributed by atoms with E-state index in [0.717, 1.165) is 37.0 Å². The molecule has 3 N–H and O–H groups in total. The van der Waals surface area contributed by atoms with Gasteiger partial charge in [-0.3, -0.25) is 9.52 Å². The van der Waals surface area contributed by atoms with E-state index in [-0.39, 0.29) is 22.8 Å². The molecular weight excluding hydrogens is 533 g/mol. The van der Waals surface area contributed by atoms with Gasteiger partial charge in [-0.1, -0.05) is 6.07 Å². The van der Waals surface area contributed by atoms with Crippen LogP contribution in [-0.4, -0.2) is 65.2 Å². The van der Waals surface area contributed by atoms with Crippen LogP contribution in [0.5, 0.6) is 0 Å². The highest BCUT2D eigenvalue weighted by Crippen LogP contribution is 2.30. The van der Waals surface area contributed by atoms with Crippen molar-refractivity contribution in [1.82, 2.24) is 24.8 Å². The summed E-state index contributed by atoms with van der Waals surface area (Å²) < 4.78 is 44.2. The second kappa shape index (κ2) is 10.5. The minimum atomic E-state index is -3.38. The SMILES string of the molecule is CN1CCC(NC(=O)c2ccc(Nc3ncc4ccn(-c5cccc(NS(=O)(=O)C6CC6)c5)c4n3)cc2F)CC1. The molecule has 0 atom stereocenters. The Morgan fingerprint density at radius 1 is 1.02 bits per heavy atom. The molecule has 2 aromatic heterocycles.